The van der Waals surface area contributed by atoms with Gasteiger partial charge in [-0.2, -0.15) is 4.98 Å². The summed E-state index contributed by atoms with van der Waals surface area (Å²) in [5.74, 6) is 0.486. The molecule has 6 heteroatoms. The van der Waals surface area contributed by atoms with Gasteiger partial charge in [0.25, 0.3) is 0 Å². The molecule has 0 spiro atoms. The van der Waals surface area contributed by atoms with Gasteiger partial charge in [-0.05, 0) is 37.6 Å². The number of amides is 1. The number of nitrogens with one attached hydrogen (secondary N) is 1. The highest BCUT2D eigenvalue weighted by molar-refractivity contribution is 5.90. The minimum Gasteiger partial charge on any atom is -0.342 e. The van der Waals surface area contributed by atoms with Gasteiger partial charge in [-0.1, -0.05) is 5.16 Å². The molecule has 1 amide bonds. The molecule has 6 nitrogen and oxygen atoms in total. The molecule has 19 heavy (non-hydrogen) atoms. The summed E-state index contributed by atoms with van der Waals surface area (Å²) in [4.78, 5) is 15.6. The monoisotopic (exact) mass is 260 g/mol. The molecule has 0 saturated carbocycles. The fourth-order valence-corrected chi connectivity index (χ4v) is 1.58. The van der Waals surface area contributed by atoms with Gasteiger partial charge in [0.15, 0.2) is 0 Å². The van der Waals surface area contributed by atoms with Crippen molar-refractivity contribution in [3.8, 4) is 11.4 Å². The number of hydrogen-bond donors (Lipinski definition) is 2. The quantitative estimate of drug-likeness (QED) is 0.854. The number of carbonyl (C=O) groups is 1. The Morgan fingerprint density at radius 2 is 2.16 bits per heavy atom. The molecule has 0 saturated heterocycles. The second kappa shape index (κ2) is 6.10. The lowest BCUT2D eigenvalue weighted by Gasteiger charge is -2.07. The molecule has 1 aromatic heterocycles. The van der Waals surface area contributed by atoms with E-state index < -0.39 is 0 Å². The third kappa shape index (κ3) is 3.89. The molecule has 0 fully saturated rings. The molecule has 0 aliphatic heterocycles. The molecule has 1 heterocycles. The summed E-state index contributed by atoms with van der Waals surface area (Å²) >= 11 is 0. The lowest BCUT2D eigenvalue weighted by Crippen LogP contribution is -2.19. The summed E-state index contributed by atoms with van der Waals surface area (Å²) in [5, 5.41) is 6.55. The van der Waals surface area contributed by atoms with E-state index in [0.29, 0.717) is 18.7 Å². The molecule has 0 aliphatic rings. The Morgan fingerprint density at radius 3 is 2.74 bits per heavy atom. The maximum Gasteiger partial charge on any atom is 0.224 e. The van der Waals surface area contributed by atoms with Crippen LogP contribution in [-0.4, -0.2) is 22.1 Å². The number of anilines is 1. The summed E-state index contributed by atoms with van der Waals surface area (Å²) in [6.45, 7) is 1.88. The zero-order valence-electron chi connectivity index (χ0n) is 10.7. The van der Waals surface area contributed by atoms with Crippen LogP contribution in [0.5, 0.6) is 0 Å². The molecule has 0 radical (unpaired) electrons. The normalized spacial score (nSPS) is 12.1. The van der Waals surface area contributed by atoms with E-state index >= 15 is 0 Å². The van der Waals surface area contributed by atoms with Crippen LogP contribution in [0.15, 0.2) is 35.2 Å². The number of aromatic nitrogens is 2. The third-order valence-electron chi connectivity index (χ3n) is 2.61. The van der Waals surface area contributed by atoms with Crippen molar-refractivity contribution in [2.75, 3.05) is 5.32 Å². The summed E-state index contributed by atoms with van der Waals surface area (Å²) in [6, 6.07) is 7.29. The number of nitrogens with two attached hydrogens (primary N) is 1. The fraction of sp³-hybridized carbons (Fsp3) is 0.308. The van der Waals surface area contributed by atoms with Gasteiger partial charge in [0.1, 0.15) is 0 Å². The SMILES string of the molecule is CC(N)CCC(=O)Nc1ccc(-c2ncon2)cc1. The van der Waals surface area contributed by atoms with Crippen molar-refractivity contribution in [2.24, 2.45) is 5.73 Å². The van der Waals surface area contributed by atoms with Gasteiger partial charge in [-0.3, -0.25) is 4.79 Å². The molecule has 2 aromatic rings. The zero-order chi connectivity index (χ0) is 13.7. The van der Waals surface area contributed by atoms with Crippen molar-refractivity contribution in [1.29, 1.82) is 0 Å². The summed E-state index contributed by atoms with van der Waals surface area (Å²) in [5.41, 5.74) is 7.18. The Morgan fingerprint density at radius 1 is 1.42 bits per heavy atom. The van der Waals surface area contributed by atoms with Crippen molar-refractivity contribution >= 4 is 11.6 Å². The highest BCUT2D eigenvalue weighted by Crippen LogP contribution is 2.17. The van der Waals surface area contributed by atoms with E-state index in [-0.39, 0.29) is 11.9 Å². The Hall–Kier alpha value is -2.21. The van der Waals surface area contributed by atoms with Gasteiger partial charge in [-0.25, -0.2) is 0 Å². The van der Waals surface area contributed by atoms with Crippen LogP contribution in [-0.2, 0) is 4.79 Å². The highest BCUT2D eigenvalue weighted by atomic mass is 16.5. The number of nitrogens with zero attached hydrogens (tertiary/aromatic N) is 2. The van der Waals surface area contributed by atoms with Gasteiger partial charge >= 0.3 is 0 Å². The standard InChI is InChI=1S/C13H16N4O2/c1-9(14)2-7-12(18)16-11-5-3-10(4-6-11)13-15-8-19-17-13/h3-6,8-9H,2,7,14H2,1H3,(H,16,18). The van der Waals surface area contributed by atoms with Crippen LogP contribution < -0.4 is 11.1 Å². The third-order valence-corrected chi connectivity index (χ3v) is 2.61. The van der Waals surface area contributed by atoms with Crippen molar-refractivity contribution in [3.63, 3.8) is 0 Å². The van der Waals surface area contributed by atoms with E-state index in [1.807, 2.05) is 19.1 Å². The largest absolute Gasteiger partial charge is 0.342 e. The molecule has 1 atom stereocenters. The predicted molar refractivity (Wildman–Crippen MR) is 71.2 cm³/mol. The molecule has 0 bridgehead atoms. The van der Waals surface area contributed by atoms with Crippen LogP contribution in [0.4, 0.5) is 5.69 Å². The molecule has 0 aliphatic carbocycles. The van der Waals surface area contributed by atoms with Crippen LogP contribution in [0.25, 0.3) is 11.4 Å². The number of rotatable bonds is 5. The first-order valence-electron chi connectivity index (χ1n) is 6.07. The van der Waals surface area contributed by atoms with Gasteiger partial charge in [0, 0.05) is 23.7 Å². The van der Waals surface area contributed by atoms with Crippen LogP contribution in [0, 0.1) is 0 Å². The summed E-state index contributed by atoms with van der Waals surface area (Å²) in [7, 11) is 0. The van der Waals surface area contributed by atoms with Crippen molar-refractivity contribution < 1.29 is 9.32 Å². The lowest BCUT2D eigenvalue weighted by molar-refractivity contribution is -0.116. The molecule has 2 rings (SSSR count). The first-order valence-corrected chi connectivity index (χ1v) is 6.07. The van der Waals surface area contributed by atoms with Crippen LogP contribution in [0.3, 0.4) is 0 Å². The Kier molecular flexibility index (Phi) is 4.25. The van der Waals surface area contributed by atoms with Crippen LogP contribution >= 0.6 is 0 Å². The maximum absolute atomic E-state index is 11.6. The summed E-state index contributed by atoms with van der Waals surface area (Å²) < 4.78 is 4.68. The average Bonchev–Trinajstić information content (AvgIpc) is 2.91. The molecule has 1 unspecified atom stereocenters. The maximum atomic E-state index is 11.6. The van der Waals surface area contributed by atoms with E-state index in [0.717, 1.165) is 11.3 Å². The van der Waals surface area contributed by atoms with Crippen LogP contribution in [0.2, 0.25) is 0 Å². The second-order valence-electron chi connectivity index (χ2n) is 4.40. The predicted octanol–water partition coefficient (Wildman–Crippen LogP) is 1.80. The van der Waals surface area contributed by atoms with Crippen LogP contribution in [0.1, 0.15) is 19.8 Å². The zero-order valence-corrected chi connectivity index (χ0v) is 10.7. The Labute approximate surface area is 111 Å². The minimum absolute atomic E-state index is 0.0337. The first kappa shape index (κ1) is 13.2. The van der Waals surface area contributed by atoms with Crippen molar-refractivity contribution in [1.82, 2.24) is 10.1 Å². The fourth-order valence-electron chi connectivity index (χ4n) is 1.58. The van der Waals surface area contributed by atoms with E-state index in [2.05, 4.69) is 20.0 Å². The van der Waals surface area contributed by atoms with Crippen molar-refractivity contribution in [2.45, 2.75) is 25.8 Å². The first-order chi connectivity index (χ1) is 9.15. The van der Waals surface area contributed by atoms with E-state index in [4.69, 9.17) is 5.73 Å². The molecular formula is C13H16N4O2. The van der Waals surface area contributed by atoms with Gasteiger partial charge < -0.3 is 15.6 Å². The van der Waals surface area contributed by atoms with Gasteiger partial charge in [-0.15, -0.1) is 0 Å². The van der Waals surface area contributed by atoms with E-state index in [1.165, 1.54) is 6.39 Å². The van der Waals surface area contributed by atoms with Gasteiger partial charge in [0.05, 0.1) is 0 Å². The number of carbonyl (C=O) groups excluding carboxylic acids is 1. The van der Waals surface area contributed by atoms with E-state index in [1.54, 1.807) is 12.1 Å². The minimum atomic E-state index is -0.0374. The smallest absolute Gasteiger partial charge is 0.224 e. The lowest BCUT2D eigenvalue weighted by atomic mass is 10.1. The average molecular weight is 260 g/mol. The van der Waals surface area contributed by atoms with E-state index in [9.17, 15) is 4.79 Å². The Balaban J connectivity index is 1.94. The molecular weight excluding hydrogens is 244 g/mol. The topological polar surface area (TPSA) is 94.0 Å². The molecule has 100 valence electrons. The molecule has 1 aromatic carbocycles. The van der Waals surface area contributed by atoms with Gasteiger partial charge in [0.2, 0.25) is 18.1 Å². The highest BCUT2D eigenvalue weighted by Gasteiger charge is 2.06. The summed E-state index contributed by atoms with van der Waals surface area (Å²) in [6.07, 6.45) is 2.37. The number of hydrogen-bond acceptors (Lipinski definition) is 5. The number of benzene rings is 1. The Bertz CT molecular complexity index is 520. The van der Waals surface area contributed by atoms with Crippen molar-refractivity contribution in [3.05, 3.63) is 30.7 Å². The molecule has 3 N–H and O–H groups in total. The second-order valence-corrected chi connectivity index (χ2v) is 4.40.